The average Bonchev–Trinajstić information content (AvgIpc) is 2.79. The molecular weight excluding hydrogens is 204 g/mol. The van der Waals surface area contributed by atoms with Gasteiger partial charge in [0.05, 0.1) is 6.61 Å². The van der Waals surface area contributed by atoms with E-state index in [2.05, 4.69) is 17.1 Å². The standard InChI is InChI=1S/C12H22N2O2/c1-3-11(12(15)16-4-2)14-7-9-5-13-6-10(9)8-14/h9-11,13H,3-8H2,1-2H3. The molecule has 0 aliphatic carbocycles. The molecule has 0 radical (unpaired) electrons. The van der Waals surface area contributed by atoms with E-state index in [1.807, 2.05) is 6.92 Å². The highest BCUT2D eigenvalue weighted by Crippen LogP contribution is 2.28. The first-order chi connectivity index (χ1) is 7.76. The second kappa shape index (κ2) is 5.15. The molecule has 4 heteroatoms. The minimum Gasteiger partial charge on any atom is -0.465 e. The number of hydrogen-bond acceptors (Lipinski definition) is 4. The molecule has 16 heavy (non-hydrogen) atoms. The van der Waals surface area contributed by atoms with Crippen molar-refractivity contribution in [3.05, 3.63) is 0 Å². The van der Waals surface area contributed by atoms with Gasteiger partial charge in [0.15, 0.2) is 0 Å². The lowest BCUT2D eigenvalue weighted by Gasteiger charge is -2.25. The maximum Gasteiger partial charge on any atom is 0.323 e. The van der Waals surface area contributed by atoms with E-state index in [-0.39, 0.29) is 12.0 Å². The molecule has 4 nitrogen and oxygen atoms in total. The molecule has 2 rings (SSSR count). The summed E-state index contributed by atoms with van der Waals surface area (Å²) in [6, 6.07) is -0.0226. The number of carbonyl (C=O) groups is 1. The first-order valence-electron chi connectivity index (χ1n) is 6.37. The van der Waals surface area contributed by atoms with Gasteiger partial charge in [-0.05, 0) is 38.3 Å². The molecule has 0 aromatic heterocycles. The Morgan fingerprint density at radius 2 is 2.00 bits per heavy atom. The summed E-state index contributed by atoms with van der Waals surface area (Å²) in [5.41, 5.74) is 0. The normalized spacial score (nSPS) is 31.4. The maximum absolute atomic E-state index is 11.8. The van der Waals surface area contributed by atoms with Crippen molar-refractivity contribution in [2.45, 2.75) is 26.3 Å². The molecule has 0 aromatic carbocycles. The Morgan fingerprint density at radius 1 is 1.38 bits per heavy atom. The van der Waals surface area contributed by atoms with Gasteiger partial charge < -0.3 is 10.1 Å². The van der Waals surface area contributed by atoms with Gasteiger partial charge in [-0.15, -0.1) is 0 Å². The van der Waals surface area contributed by atoms with Gasteiger partial charge in [-0.25, -0.2) is 0 Å². The maximum atomic E-state index is 11.8. The number of carbonyl (C=O) groups excluding carboxylic acids is 1. The molecule has 2 fully saturated rings. The number of rotatable bonds is 4. The van der Waals surface area contributed by atoms with Crippen LogP contribution in [0, 0.1) is 11.8 Å². The van der Waals surface area contributed by atoms with Crippen LogP contribution in [0.2, 0.25) is 0 Å². The molecule has 0 saturated carbocycles. The van der Waals surface area contributed by atoms with Crippen molar-refractivity contribution in [3.63, 3.8) is 0 Å². The lowest BCUT2D eigenvalue weighted by atomic mass is 10.0. The van der Waals surface area contributed by atoms with Gasteiger partial charge in [-0.3, -0.25) is 9.69 Å². The SMILES string of the molecule is CCOC(=O)C(CC)N1CC2CNCC2C1. The summed E-state index contributed by atoms with van der Waals surface area (Å²) in [7, 11) is 0. The van der Waals surface area contributed by atoms with Crippen LogP contribution < -0.4 is 5.32 Å². The number of esters is 1. The molecule has 2 aliphatic rings. The van der Waals surface area contributed by atoms with Gasteiger partial charge in [-0.2, -0.15) is 0 Å². The summed E-state index contributed by atoms with van der Waals surface area (Å²) in [4.78, 5) is 14.1. The number of fused-ring (bicyclic) bond motifs is 1. The molecular formula is C12H22N2O2. The quantitative estimate of drug-likeness (QED) is 0.708. The lowest BCUT2D eigenvalue weighted by molar-refractivity contribution is -0.149. The summed E-state index contributed by atoms with van der Waals surface area (Å²) in [6.45, 7) is 8.74. The van der Waals surface area contributed by atoms with Crippen molar-refractivity contribution < 1.29 is 9.53 Å². The number of likely N-dealkylation sites (tertiary alicyclic amines) is 1. The molecule has 0 spiro atoms. The van der Waals surface area contributed by atoms with Crippen LogP contribution in [0.4, 0.5) is 0 Å². The minimum absolute atomic E-state index is 0.0226. The molecule has 2 heterocycles. The summed E-state index contributed by atoms with van der Waals surface area (Å²) in [5.74, 6) is 1.44. The molecule has 0 bridgehead atoms. The molecule has 3 atom stereocenters. The Bertz CT molecular complexity index is 245. The highest BCUT2D eigenvalue weighted by molar-refractivity contribution is 5.75. The van der Waals surface area contributed by atoms with E-state index in [0.29, 0.717) is 6.61 Å². The summed E-state index contributed by atoms with van der Waals surface area (Å²) < 4.78 is 5.13. The van der Waals surface area contributed by atoms with E-state index < -0.39 is 0 Å². The van der Waals surface area contributed by atoms with Gasteiger partial charge >= 0.3 is 5.97 Å². The van der Waals surface area contributed by atoms with Crippen LogP contribution in [0.1, 0.15) is 20.3 Å². The Labute approximate surface area is 97.3 Å². The fraction of sp³-hybridized carbons (Fsp3) is 0.917. The number of ether oxygens (including phenoxy) is 1. The largest absolute Gasteiger partial charge is 0.465 e. The van der Waals surface area contributed by atoms with Crippen molar-refractivity contribution in [2.24, 2.45) is 11.8 Å². The third kappa shape index (κ3) is 2.23. The zero-order valence-electron chi connectivity index (χ0n) is 10.2. The predicted molar refractivity (Wildman–Crippen MR) is 62.1 cm³/mol. The monoisotopic (exact) mass is 226 g/mol. The van der Waals surface area contributed by atoms with Gasteiger partial charge in [-0.1, -0.05) is 6.92 Å². The predicted octanol–water partition coefficient (Wildman–Crippen LogP) is 0.479. The van der Waals surface area contributed by atoms with E-state index in [9.17, 15) is 4.79 Å². The molecule has 0 amide bonds. The highest BCUT2D eigenvalue weighted by atomic mass is 16.5. The number of nitrogens with zero attached hydrogens (tertiary/aromatic N) is 1. The van der Waals surface area contributed by atoms with Crippen molar-refractivity contribution in [1.29, 1.82) is 0 Å². The number of nitrogens with one attached hydrogen (secondary N) is 1. The van der Waals surface area contributed by atoms with Crippen molar-refractivity contribution in [2.75, 3.05) is 32.8 Å². The molecule has 92 valence electrons. The van der Waals surface area contributed by atoms with E-state index >= 15 is 0 Å². The van der Waals surface area contributed by atoms with Crippen molar-refractivity contribution in [1.82, 2.24) is 10.2 Å². The zero-order chi connectivity index (χ0) is 11.5. The Balaban J connectivity index is 1.93. The van der Waals surface area contributed by atoms with Gasteiger partial charge in [0, 0.05) is 13.1 Å². The Morgan fingerprint density at radius 3 is 2.50 bits per heavy atom. The van der Waals surface area contributed by atoms with E-state index in [0.717, 1.165) is 44.4 Å². The first-order valence-corrected chi connectivity index (χ1v) is 6.37. The van der Waals surface area contributed by atoms with Crippen LogP contribution >= 0.6 is 0 Å². The van der Waals surface area contributed by atoms with Crippen LogP contribution in [0.3, 0.4) is 0 Å². The van der Waals surface area contributed by atoms with Crippen LogP contribution in [0.15, 0.2) is 0 Å². The second-order valence-electron chi connectivity index (χ2n) is 4.81. The van der Waals surface area contributed by atoms with Crippen molar-refractivity contribution >= 4 is 5.97 Å². The fourth-order valence-electron chi connectivity index (χ4n) is 2.96. The Hall–Kier alpha value is -0.610. The molecule has 2 aliphatic heterocycles. The lowest BCUT2D eigenvalue weighted by Crippen LogP contribution is -2.41. The van der Waals surface area contributed by atoms with E-state index in [1.165, 1.54) is 0 Å². The average molecular weight is 226 g/mol. The fourth-order valence-corrected chi connectivity index (χ4v) is 2.96. The second-order valence-corrected chi connectivity index (χ2v) is 4.81. The zero-order valence-corrected chi connectivity index (χ0v) is 10.2. The molecule has 1 N–H and O–H groups in total. The minimum atomic E-state index is -0.0436. The molecule has 2 saturated heterocycles. The third-order valence-electron chi connectivity index (χ3n) is 3.80. The third-order valence-corrected chi connectivity index (χ3v) is 3.80. The topological polar surface area (TPSA) is 41.6 Å². The van der Waals surface area contributed by atoms with E-state index in [1.54, 1.807) is 0 Å². The van der Waals surface area contributed by atoms with E-state index in [4.69, 9.17) is 4.74 Å². The Kier molecular flexibility index (Phi) is 3.82. The summed E-state index contributed by atoms with van der Waals surface area (Å²) in [6.07, 6.45) is 0.853. The molecule has 3 unspecified atom stereocenters. The van der Waals surface area contributed by atoms with Crippen LogP contribution in [-0.4, -0.2) is 49.7 Å². The van der Waals surface area contributed by atoms with Crippen molar-refractivity contribution in [3.8, 4) is 0 Å². The summed E-state index contributed by atoms with van der Waals surface area (Å²) in [5, 5.41) is 3.41. The first kappa shape index (κ1) is 11.9. The molecule has 0 aromatic rings. The van der Waals surface area contributed by atoms with Gasteiger partial charge in [0.25, 0.3) is 0 Å². The van der Waals surface area contributed by atoms with Gasteiger partial charge in [0.1, 0.15) is 6.04 Å². The smallest absolute Gasteiger partial charge is 0.323 e. The van der Waals surface area contributed by atoms with Crippen LogP contribution in [-0.2, 0) is 9.53 Å². The highest BCUT2D eigenvalue weighted by Gasteiger charge is 2.40. The van der Waals surface area contributed by atoms with Crippen LogP contribution in [0.25, 0.3) is 0 Å². The summed E-state index contributed by atoms with van der Waals surface area (Å²) >= 11 is 0. The number of hydrogen-bond donors (Lipinski definition) is 1. The van der Waals surface area contributed by atoms with Crippen LogP contribution in [0.5, 0.6) is 0 Å². The van der Waals surface area contributed by atoms with Gasteiger partial charge in [0.2, 0.25) is 0 Å².